The van der Waals surface area contributed by atoms with Crippen molar-refractivity contribution in [1.29, 1.82) is 0 Å². The first-order chi connectivity index (χ1) is 8.87. The average Bonchev–Trinajstić information content (AvgIpc) is 3.07. The molecule has 0 heterocycles. The van der Waals surface area contributed by atoms with Gasteiger partial charge in [0.1, 0.15) is 0 Å². The first-order valence-electron chi connectivity index (χ1n) is 5.90. The predicted molar refractivity (Wildman–Crippen MR) is 76.0 cm³/mol. The van der Waals surface area contributed by atoms with Gasteiger partial charge in [0.15, 0.2) is 0 Å². The van der Waals surface area contributed by atoms with Crippen molar-refractivity contribution in [2.75, 3.05) is 12.3 Å². The van der Waals surface area contributed by atoms with Gasteiger partial charge in [-0.15, -0.1) is 0 Å². The third-order valence-electron chi connectivity index (χ3n) is 3.09. The number of carbonyl (C=O) groups is 1. The molecule has 1 saturated carbocycles. The third-order valence-corrected chi connectivity index (χ3v) is 4.36. The highest BCUT2D eigenvalue weighted by molar-refractivity contribution is 9.10. The van der Waals surface area contributed by atoms with Crippen molar-refractivity contribution in [3.63, 3.8) is 0 Å². The molecule has 5 nitrogen and oxygen atoms in total. The fourth-order valence-corrected chi connectivity index (χ4v) is 2.84. The lowest BCUT2D eigenvalue weighted by Crippen LogP contribution is -2.32. The second kappa shape index (κ2) is 5.60. The second-order valence-electron chi connectivity index (χ2n) is 4.66. The van der Waals surface area contributed by atoms with Crippen molar-refractivity contribution in [2.24, 2.45) is 11.1 Å². The van der Waals surface area contributed by atoms with E-state index in [0.717, 1.165) is 16.5 Å². The number of sulfonamides is 1. The molecule has 1 aromatic carbocycles. The lowest BCUT2D eigenvalue weighted by Gasteiger charge is -2.04. The number of hydrogen-bond donors (Lipinski definition) is 2. The quantitative estimate of drug-likeness (QED) is 0.831. The number of rotatable bonds is 5. The zero-order chi connectivity index (χ0) is 14.0. The van der Waals surface area contributed by atoms with Gasteiger partial charge in [0, 0.05) is 16.9 Å². The number of nitrogens with one attached hydrogen (secondary N) is 1. The fourth-order valence-electron chi connectivity index (χ4n) is 2.04. The Morgan fingerprint density at radius 2 is 2.21 bits per heavy atom. The van der Waals surface area contributed by atoms with Gasteiger partial charge in [-0.2, -0.15) is 0 Å². The molecule has 0 unspecified atom stereocenters. The zero-order valence-electron chi connectivity index (χ0n) is 10.2. The van der Waals surface area contributed by atoms with Crippen LogP contribution in [0.2, 0.25) is 0 Å². The molecule has 0 radical (unpaired) electrons. The largest absolute Gasteiger partial charge is 0.355 e. The molecule has 1 aliphatic carbocycles. The summed E-state index contributed by atoms with van der Waals surface area (Å²) in [6.45, 7) is 0.0688. The van der Waals surface area contributed by atoms with Crippen LogP contribution in [-0.2, 0) is 14.8 Å². The van der Waals surface area contributed by atoms with E-state index in [-0.39, 0.29) is 30.0 Å². The summed E-state index contributed by atoms with van der Waals surface area (Å²) in [5, 5.41) is 7.47. The van der Waals surface area contributed by atoms with Crippen molar-refractivity contribution in [1.82, 2.24) is 5.32 Å². The average molecular weight is 347 g/mol. The lowest BCUT2D eigenvalue weighted by molar-refractivity contribution is -0.122. The molecule has 2 rings (SSSR count). The van der Waals surface area contributed by atoms with E-state index in [9.17, 15) is 13.2 Å². The first kappa shape index (κ1) is 14.5. The monoisotopic (exact) mass is 346 g/mol. The normalized spacial score (nSPS) is 22.0. The molecular formula is C12H15BrN2O3S. The minimum atomic E-state index is -3.52. The second-order valence-corrected chi connectivity index (χ2v) is 7.31. The summed E-state index contributed by atoms with van der Waals surface area (Å²) >= 11 is 3.40. The number of halogens is 1. The van der Waals surface area contributed by atoms with Gasteiger partial charge in [0.25, 0.3) is 0 Å². The van der Waals surface area contributed by atoms with E-state index in [4.69, 9.17) is 5.14 Å². The molecule has 0 saturated heterocycles. The van der Waals surface area contributed by atoms with Crippen LogP contribution in [-0.4, -0.2) is 26.6 Å². The standard InChI is InChI=1S/C12H15BrN2O3S/c13-9-3-1-2-8(6-9)10-7-11(10)12(16)15-4-5-19(14,17)18/h1-3,6,10-11H,4-5,7H2,(H,15,16)(H2,14,17,18)/t10-,11+/m0/s1. The highest BCUT2D eigenvalue weighted by atomic mass is 79.9. The van der Waals surface area contributed by atoms with Crippen LogP contribution in [0.1, 0.15) is 17.9 Å². The number of carbonyl (C=O) groups excluding carboxylic acids is 1. The molecular weight excluding hydrogens is 332 g/mol. The van der Waals surface area contributed by atoms with Gasteiger partial charge in [-0.1, -0.05) is 28.1 Å². The summed E-state index contributed by atoms with van der Waals surface area (Å²) in [7, 11) is -3.52. The van der Waals surface area contributed by atoms with E-state index in [1.165, 1.54) is 0 Å². The number of hydrogen-bond acceptors (Lipinski definition) is 3. The van der Waals surface area contributed by atoms with Crippen molar-refractivity contribution in [3.8, 4) is 0 Å². The van der Waals surface area contributed by atoms with Gasteiger partial charge in [-0.25, -0.2) is 13.6 Å². The van der Waals surface area contributed by atoms with Crippen molar-refractivity contribution in [3.05, 3.63) is 34.3 Å². The van der Waals surface area contributed by atoms with E-state index in [0.29, 0.717) is 0 Å². The Hall–Kier alpha value is -0.920. The van der Waals surface area contributed by atoms with Crippen LogP contribution in [0.15, 0.2) is 28.7 Å². The molecule has 2 atom stereocenters. The summed E-state index contributed by atoms with van der Waals surface area (Å²) < 4.78 is 22.5. The Kier molecular flexibility index (Phi) is 4.27. The van der Waals surface area contributed by atoms with E-state index in [1.54, 1.807) is 0 Å². The molecule has 3 N–H and O–H groups in total. The molecule has 0 aromatic heterocycles. The van der Waals surface area contributed by atoms with Crippen LogP contribution in [0, 0.1) is 5.92 Å². The molecule has 1 amide bonds. The Labute approximate surface area is 120 Å². The Balaban J connectivity index is 1.84. The van der Waals surface area contributed by atoms with Gasteiger partial charge in [-0.05, 0) is 30.0 Å². The zero-order valence-corrected chi connectivity index (χ0v) is 12.6. The van der Waals surface area contributed by atoms with E-state index < -0.39 is 10.0 Å². The first-order valence-corrected chi connectivity index (χ1v) is 8.41. The molecule has 7 heteroatoms. The fraction of sp³-hybridized carbons (Fsp3) is 0.417. The van der Waals surface area contributed by atoms with Gasteiger partial charge in [0.2, 0.25) is 15.9 Å². The number of benzene rings is 1. The molecule has 19 heavy (non-hydrogen) atoms. The minimum absolute atomic E-state index is 0.0604. The maximum absolute atomic E-state index is 11.8. The van der Waals surface area contributed by atoms with Crippen molar-refractivity contribution >= 4 is 31.9 Å². The number of amides is 1. The van der Waals surface area contributed by atoms with Gasteiger partial charge >= 0.3 is 0 Å². The maximum Gasteiger partial charge on any atom is 0.223 e. The smallest absolute Gasteiger partial charge is 0.223 e. The molecule has 1 aliphatic rings. The van der Waals surface area contributed by atoms with Crippen LogP contribution >= 0.6 is 15.9 Å². The highest BCUT2D eigenvalue weighted by Crippen LogP contribution is 2.47. The molecule has 0 spiro atoms. The molecule has 0 aliphatic heterocycles. The number of nitrogens with two attached hydrogens (primary N) is 1. The predicted octanol–water partition coefficient (Wildman–Crippen LogP) is 0.957. The summed E-state index contributed by atoms with van der Waals surface area (Å²) in [6, 6.07) is 7.87. The Bertz CT molecular complexity index is 588. The number of primary sulfonamides is 1. The SMILES string of the molecule is NS(=O)(=O)CCNC(=O)[C@@H]1C[C@H]1c1cccc(Br)c1. The van der Waals surface area contributed by atoms with Gasteiger partial charge in [0.05, 0.1) is 5.75 Å². The molecule has 104 valence electrons. The van der Waals surface area contributed by atoms with Crippen LogP contribution < -0.4 is 10.5 Å². The Morgan fingerprint density at radius 1 is 1.47 bits per heavy atom. The van der Waals surface area contributed by atoms with Crippen LogP contribution in [0.5, 0.6) is 0 Å². The van der Waals surface area contributed by atoms with E-state index in [2.05, 4.69) is 21.2 Å². The lowest BCUT2D eigenvalue weighted by atomic mass is 10.1. The third kappa shape index (κ3) is 4.29. The highest BCUT2D eigenvalue weighted by Gasteiger charge is 2.43. The van der Waals surface area contributed by atoms with E-state index >= 15 is 0 Å². The van der Waals surface area contributed by atoms with Gasteiger partial charge < -0.3 is 5.32 Å². The topological polar surface area (TPSA) is 89.3 Å². The molecule has 0 bridgehead atoms. The van der Waals surface area contributed by atoms with Crippen LogP contribution in [0.4, 0.5) is 0 Å². The Morgan fingerprint density at radius 3 is 2.84 bits per heavy atom. The van der Waals surface area contributed by atoms with Gasteiger partial charge in [-0.3, -0.25) is 4.79 Å². The van der Waals surface area contributed by atoms with E-state index in [1.807, 2.05) is 24.3 Å². The molecule has 1 fully saturated rings. The van der Waals surface area contributed by atoms with Crippen molar-refractivity contribution < 1.29 is 13.2 Å². The summed E-state index contributed by atoms with van der Waals surface area (Å²) in [4.78, 5) is 11.8. The minimum Gasteiger partial charge on any atom is -0.355 e. The molecule has 1 aromatic rings. The van der Waals surface area contributed by atoms with Crippen LogP contribution in [0.3, 0.4) is 0 Å². The maximum atomic E-state index is 11.8. The summed E-state index contributed by atoms with van der Waals surface area (Å²) in [5.41, 5.74) is 1.13. The summed E-state index contributed by atoms with van der Waals surface area (Å²) in [5.74, 6) is -0.164. The van der Waals surface area contributed by atoms with Crippen LogP contribution in [0.25, 0.3) is 0 Å². The summed E-state index contributed by atoms with van der Waals surface area (Å²) in [6.07, 6.45) is 0.803. The van der Waals surface area contributed by atoms with Crippen molar-refractivity contribution in [2.45, 2.75) is 12.3 Å².